The molecule has 24 heavy (non-hydrogen) atoms. The van der Waals surface area contributed by atoms with E-state index < -0.39 is 0 Å². The molecular formula is C18H18N2O3S. The molecule has 0 radical (unpaired) electrons. The molecule has 0 aliphatic heterocycles. The molecule has 0 saturated heterocycles. The monoisotopic (exact) mass is 342 g/mol. The summed E-state index contributed by atoms with van der Waals surface area (Å²) in [4.78, 5) is 27.3. The highest BCUT2D eigenvalue weighted by atomic mass is 32.1. The molecule has 0 fully saturated rings. The molecule has 0 atom stereocenters. The number of nitrogens with zero attached hydrogens (tertiary/aromatic N) is 2. The van der Waals surface area contributed by atoms with E-state index in [-0.39, 0.29) is 17.9 Å². The van der Waals surface area contributed by atoms with Gasteiger partial charge in [0, 0.05) is 30.1 Å². The minimum Gasteiger partial charge on any atom is -0.467 e. The van der Waals surface area contributed by atoms with Crippen molar-refractivity contribution in [2.45, 2.75) is 26.1 Å². The standard InChI is InChI=1S/C18H18N2O3S/c21-17-7-1-2-9-19(17)10-8-18(22)20(13-15-5-3-11-23-15)14-16-6-4-12-24-16/h1-7,9,11-12H,8,10,13-14H2. The van der Waals surface area contributed by atoms with Crippen molar-refractivity contribution in [2.24, 2.45) is 0 Å². The maximum Gasteiger partial charge on any atom is 0.250 e. The Labute approximate surface area is 143 Å². The van der Waals surface area contributed by atoms with Crippen molar-refractivity contribution in [1.82, 2.24) is 9.47 Å². The molecule has 0 unspecified atom stereocenters. The van der Waals surface area contributed by atoms with E-state index in [1.807, 2.05) is 29.6 Å². The number of hydrogen-bond acceptors (Lipinski definition) is 4. The van der Waals surface area contributed by atoms with Gasteiger partial charge in [-0.3, -0.25) is 9.59 Å². The molecule has 0 N–H and O–H groups in total. The fraction of sp³-hybridized carbons (Fsp3) is 0.222. The highest BCUT2D eigenvalue weighted by molar-refractivity contribution is 7.09. The Bertz CT molecular complexity index is 786. The highest BCUT2D eigenvalue weighted by Crippen LogP contribution is 2.16. The Morgan fingerprint density at radius 1 is 1.12 bits per heavy atom. The SMILES string of the molecule is O=C(CCn1ccccc1=O)N(Cc1ccco1)Cc1cccs1. The average Bonchev–Trinajstić information content (AvgIpc) is 3.27. The molecular weight excluding hydrogens is 324 g/mol. The van der Waals surface area contributed by atoms with E-state index in [0.717, 1.165) is 10.6 Å². The summed E-state index contributed by atoms with van der Waals surface area (Å²) in [6.45, 7) is 1.34. The first kappa shape index (κ1) is 16.3. The number of carbonyl (C=O) groups excluding carboxylic acids is 1. The molecule has 0 aliphatic rings. The highest BCUT2D eigenvalue weighted by Gasteiger charge is 2.16. The van der Waals surface area contributed by atoms with Gasteiger partial charge >= 0.3 is 0 Å². The zero-order chi connectivity index (χ0) is 16.8. The van der Waals surface area contributed by atoms with Crippen LogP contribution in [0.3, 0.4) is 0 Å². The summed E-state index contributed by atoms with van der Waals surface area (Å²) in [5.41, 5.74) is -0.0962. The molecule has 0 aromatic carbocycles. The van der Waals surface area contributed by atoms with Crippen LogP contribution in [0.4, 0.5) is 0 Å². The van der Waals surface area contributed by atoms with Crippen LogP contribution in [0.1, 0.15) is 17.1 Å². The summed E-state index contributed by atoms with van der Waals surface area (Å²) in [6.07, 6.45) is 3.58. The maximum atomic E-state index is 12.7. The third-order valence-electron chi connectivity index (χ3n) is 3.67. The Morgan fingerprint density at radius 3 is 2.75 bits per heavy atom. The van der Waals surface area contributed by atoms with Crippen LogP contribution in [-0.2, 0) is 24.4 Å². The van der Waals surface area contributed by atoms with Crippen LogP contribution < -0.4 is 5.56 Å². The predicted molar refractivity (Wildman–Crippen MR) is 92.6 cm³/mol. The Kier molecular flexibility index (Phi) is 5.28. The first-order valence-corrected chi connectivity index (χ1v) is 8.58. The van der Waals surface area contributed by atoms with Gasteiger partial charge in [0.2, 0.25) is 5.91 Å². The molecule has 6 heteroatoms. The Balaban J connectivity index is 1.68. The average molecular weight is 342 g/mol. The number of furan rings is 1. The maximum absolute atomic E-state index is 12.7. The summed E-state index contributed by atoms with van der Waals surface area (Å²) < 4.78 is 6.92. The van der Waals surface area contributed by atoms with Gasteiger partial charge in [0.25, 0.3) is 5.56 Å². The lowest BCUT2D eigenvalue weighted by atomic mass is 10.3. The predicted octanol–water partition coefficient (Wildman–Crippen LogP) is 3.12. The van der Waals surface area contributed by atoms with Crippen molar-refractivity contribution >= 4 is 17.2 Å². The minimum absolute atomic E-state index is 0.00412. The zero-order valence-electron chi connectivity index (χ0n) is 13.1. The number of aryl methyl sites for hydroxylation is 1. The molecule has 3 heterocycles. The fourth-order valence-corrected chi connectivity index (χ4v) is 3.15. The first-order chi connectivity index (χ1) is 11.7. The zero-order valence-corrected chi connectivity index (χ0v) is 13.9. The number of hydrogen-bond donors (Lipinski definition) is 0. The van der Waals surface area contributed by atoms with E-state index in [4.69, 9.17) is 4.42 Å². The van der Waals surface area contributed by atoms with Gasteiger partial charge < -0.3 is 13.9 Å². The lowest BCUT2D eigenvalue weighted by Gasteiger charge is -2.21. The Morgan fingerprint density at radius 2 is 2.04 bits per heavy atom. The van der Waals surface area contributed by atoms with Gasteiger partial charge in [0.1, 0.15) is 5.76 Å². The third kappa shape index (κ3) is 4.23. The van der Waals surface area contributed by atoms with Crippen LogP contribution in [0.5, 0.6) is 0 Å². The molecule has 5 nitrogen and oxygen atoms in total. The van der Waals surface area contributed by atoms with Gasteiger partial charge in [-0.05, 0) is 29.6 Å². The molecule has 1 amide bonds. The van der Waals surface area contributed by atoms with Crippen molar-refractivity contribution in [3.8, 4) is 0 Å². The van der Waals surface area contributed by atoms with Crippen LogP contribution in [0.25, 0.3) is 0 Å². The largest absolute Gasteiger partial charge is 0.467 e. The van der Waals surface area contributed by atoms with Gasteiger partial charge in [-0.2, -0.15) is 0 Å². The molecule has 3 rings (SSSR count). The number of thiophene rings is 1. The number of rotatable bonds is 7. The topological polar surface area (TPSA) is 55.5 Å². The van der Waals surface area contributed by atoms with Crippen molar-refractivity contribution in [2.75, 3.05) is 0 Å². The van der Waals surface area contributed by atoms with Gasteiger partial charge in [0.05, 0.1) is 19.4 Å². The van der Waals surface area contributed by atoms with E-state index in [2.05, 4.69) is 0 Å². The molecule has 0 saturated carbocycles. The van der Waals surface area contributed by atoms with Gasteiger partial charge in [-0.1, -0.05) is 12.1 Å². The number of carbonyl (C=O) groups is 1. The normalized spacial score (nSPS) is 10.7. The number of amides is 1. The quantitative estimate of drug-likeness (QED) is 0.663. The van der Waals surface area contributed by atoms with Crippen LogP contribution in [-0.4, -0.2) is 15.4 Å². The summed E-state index contributed by atoms with van der Waals surface area (Å²) >= 11 is 1.62. The summed E-state index contributed by atoms with van der Waals surface area (Å²) in [5.74, 6) is 0.743. The second kappa shape index (κ2) is 7.79. The van der Waals surface area contributed by atoms with E-state index in [9.17, 15) is 9.59 Å². The summed E-state index contributed by atoms with van der Waals surface area (Å²) in [7, 11) is 0. The van der Waals surface area contributed by atoms with Crippen LogP contribution in [0, 0.1) is 0 Å². The molecule has 0 bridgehead atoms. The van der Waals surface area contributed by atoms with Crippen molar-refractivity contribution in [3.05, 3.63) is 81.3 Å². The van der Waals surface area contributed by atoms with Crippen molar-refractivity contribution in [1.29, 1.82) is 0 Å². The van der Waals surface area contributed by atoms with Crippen LogP contribution in [0.2, 0.25) is 0 Å². The smallest absolute Gasteiger partial charge is 0.250 e. The third-order valence-corrected chi connectivity index (χ3v) is 4.53. The van der Waals surface area contributed by atoms with Gasteiger partial charge in [0.15, 0.2) is 0 Å². The fourth-order valence-electron chi connectivity index (χ4n) is 2.43. The van der Waals surface area contributed by atoms with Crippen molar-refractivity contribution < 1.29 is 9.21 Å². The van der Waals surface area contributed by atoms with Gasteiger partial charge in [-0.25, -0.2) is 0 Å². The first-order valence-electron chi connectivity index (χ1n) is 7.70. The summed E-state index contributed by atoms with van der Waals surface area (Å²) in [6, 6.07) is 12.6. The van der Waals surface area contributed by atoms with Crippen LogP contribution in [0.15, 0.2) is 69.5 Å². The van der Waals surface area contributed by atoms with E-state index >= 15 is 0 Å². The second-order valence-corrected chi connectivity index (χ2v) is 6.42. The van der Waals surface area contributed by atoms with E-state index in [1.165, 1.54) is 6.07 Å². The van der Waals surface area contributed by atoms with Crippen LogP contribution >= 0.6 is 11.3 Å². The number of aromatic nitrogens is 1. The molecule has 3 aromatic rings. The van der Waals surface area contributed by atoms with E-state index in [0.29, 0.717) is 19.6 Å². The second-order valence-electron chi connectivity index (χ2n) is 5.39. The molecule has 0 spiro atoms. The van der Waals surface area contributed by atoms with Crippen molar-refractivity contribution in [3.63, 3.8) is 0 Å². The summed E-state index contributed by atoms with van der Waals surface area (Å²) in [5, 5.41) is 1.99. The van der Waals surface area contributed by atoms with Gasteiger partial charge in [-0.15, -0.1) is 11.3 Å². The Hall–Kier alpha value is -2.60. The lowest BCUT2D eigenvalue weighted by molar-refractivity contribution is -0.132. The molecule has 124 valence electrons. The van der Waals surface area contributed by atoms with E-state index in [1.54, 1.807) is 45.4 Å². The lowest BCUT2D eigenvalue weighted by Crippen LogP contribution is -2.31. The number of pyridine rings is 1. The molecule has 3 aromatic heterocycles. The molecule has 0 aliphatic carbocycles. The minimum atomic E-state index is -0.0962.